The van der Waals surface area contributed by atoms with E-state index in [0.29, 0.717) is 5.56 Å². The first-order valence-corrected chi connectivity index (χ1v) is 8.47. The van der Waals surface area contributed by atoms with Gasteiger partial charge in [0, 0.05) is 32.7 Å². The van der Waals surface area contributed by atoms with Gasteiger partial charge in [0.1, 0.15) is 5.82 Å². The summed E-state index contributed by atoms with van der Waals surface area (Å²) in [4.78, 5) is 0. The number of halogens is 1. The molecule has 1 radical (unpaired) electrons. The number of aryl methyl sites for hydroxylation is 1. The maximum absolute atomic E-state index is 14.3. The third-order valence-corrected chi connectivity index (χ3v) is 5.04. The second kappa shape index (κ2) is 9.09. The summed E-state index contributed by atoms with van der Waals surface area (Å²) in [5, 5.41) is 0. The molecule has 2 aromatic carbocycles. The Balaban J connectivity index is 0.00000192. The third kappa shape index (κ3) is 5.23. The van der Waals surface area contributed by atoms with E-state index in [-0.39, 0.29) is 38.5 Å². The Hall–Kier alpha value is -0.526. The Bertz CT molecular complexity index is 600. The van der Waals surface area contributed by atoms with Crippen LogP contribution in [-0.4, -0.2) is 0 Å². The van der Waals surface area contributed by atoms with Crippen molar-refractivity contribution in [3.8, 4) is 11.1 Å². The zero-order chi connectivity index (χ0) is 15.4. The van der Waals surface area contributed by atoms with Gasteiger partial charge >= 0.3 is 0 Å². The fourth-order valence-electron chi connectivity index (χ4n) is 3.50. The van der Waals surface area contributed by atoms with Gasteiger partial charge in [-0.2, -0.15) is 30.3 Å². The van der Waals surface area contributed by atoms with E-state index in [9.17, 15) is 4.39 Å². The summed E-state index contributed by atoms with van der Waals surface area (Å²) in [5.74, 6) is 1.63. The molecule has 1 aliphatic rings. The summed E-state index contributed by atoms with van der Waals surface area (Å²) in [5.41, 5.74) is 2.73. The van der Waals surface area contributed by atoms with E-state index < -0.39 is 0 Å². The number of hydrogen-bond donors (Lipinski definition) is 0. The first-order valence-electron chi connectivity index (χ1n) is 8.47. The quantitative estimate of drug-likeness (QED) is 0.563. The van der Waals surface area contributed by atoms with Crippen LogP contribution in [-0.2, 0) is 39.1 Å². The molecule has 2 heteroatoms. The normalized spacial score (nSPS) is 20.8. The molecule has 0 spiro atoms. The molecule has 0 nitrogen and oxygen atoms in total. The van der Waals surface area contributed by atoms with Crippen molar-refractivity contribution in [1.29, 1.82) is 0 Å². The van der Waals surface area contributed by atoms with E-state index in [4.69, 9.17) is 0 Å². The molecule has 0 heterocycles. The summed E-state index contributed by atoms with van der Waals surface area (Å²) in [6.45, 7) is 2.35. The molecule has 0 aromatic heterocycles. The van der Waals surface area contributed by atoms with E-state index in [1.807, 2.05) is 30.3 Å². The second-order valence-corrected chi connectivity index (χ2v) is 6.77. The van der Waals surface area contributed by atoms with Crippen LogP contribution < -0.4 is 0 Å². The van der Waals surface area contributed by atoms with Gasteiger partial charge in [-0.25, -0.2) is 4.39 Å². The minimum absolute atomic E-state index is 0. The predicted octanol–water partition coefficient (Wildman–Crippen LogP) is 6.05. The van der Waals surface area contributed by atoms with Crippen LogP contribution in [0.5, 0.6) is 0 Å². The number of rotatable bonds is 4. The van der Waals surface area contributed by atoms with Crippen LogP contribution in [0.15, 0.2) is 42.5 Å². The summed E-state index contributed by atoms with van der Waals surface area (Å²) >= 11 is 0. The largest absolute Gasteiger partial charge is 0.206 e. The van der Waals surface area contributed by atoms with E-state index in [1.54, 1.807) is 6.07 Å². The molecule has 0 amide bonds. The molecule has 119 valence electrons. The average molecular weight is 384 g/mol. The van der Waals surface area contributed by atoms with Crippen molar-refractivity contribution >= 4 is 0 Å². The van der Waals surface area contributed by atoms with Gasteiger partial charge in [0.05, 0.1) is 0 Å². The molecule has 0 atom stereocenters. The van der Waals surface area contributed by atoms with Crippen LogP contribution >= 0.6 is 0 Å². The SMILES string of the molecule is CC1CCC(CCc2ccc(-c3cc[c-]cc3)c(F)c2)CC1.[Y]. The number of benzene rings is 2. The molecule has 0 aliphatic heterocycles. The van der Waals surface area contributed by atoms with Crippen molar-refractivity contribution in [1.82, 2.24) is 0 Å². The van der Waals surface area contributed by atoms with Gasteiger partial charge in [-0.3, -0.25) is 0 Å². The topological polar surface area (TPSA) is 0 Å². The monoisotopic (exact) mass is 384 g/mol. The molecule has 0 bridgehead atoms. The maximum atomic E-state index is 14.3. The van der Waals surface area contributed by atoms with Gasteiger partial charge in [0.2, 0.25) is 0 Å². The minimum Gasteiger partial charge on any atom is -0.206 e. The van der Waals surface area contributed by atoms with Crippen LogP contribution in [0.2, 0.25) is 0 Å². The molecule has 3 rings (SSSR count). The molecular formula is C21H24FY-. The summed E-state index contributed by atoms with van der Waals surface area (Å²) in [6.07, 6.45) is 7.63. The number of hydrogen-bond acceptors (Lipinski definition) is 0. The van der Waals surface area contributed by atoms with Crippen molar-refractivity contribution in [2.45, 2.75) is 45.4 Å². The fraction of sp³-hybridized carbons (Fsp3) is 0.429. The zero-order valence-corrected chi connectivity index (χ0v) is 16.7. The molecule has 0 unspecified atom stereocenters. The van der Waals surface area contributed by atoms with Crippen LogP contribution in [0.25, 0.3) is 11.1 Å². The van der Waals surface area contributed by atoms with Gasteiger partial charge in [0.15, 0.2) is 0 Å². The Labute approximate surface area is 164 Å². The fourth-order valence-corrected chi connectivity index (χ4v) is 3.50. The Morgan fingerprint density at radius 2 is 1.74 bits per heavy atom. The first-order chi connectivity index (χ1) is 10.7. The van der Waals surface area contributed by atoms with Crippen molar-refractivity contribution in [3.63, 3.8) is 0 Å². The van der Waals surface area contributed by atoms with Crippen LogP contribution in [0.4, 0.5) is 4.39 Å². The van der Waals surface area contributed by atoms with Gasteiger partial charge in [-0.05, 0) is 41.9 Å². The Kier molecular flexibility index (Phi) is 7.43. The predicted molar refractivity (Wildman–Crippen MR) is 90.1 cm³/mol. The van der Waals surface area contributed by atoms with E-state index in [0.717, 1.165) is 29.4 Å². The van der Waals surface area contributed by atoms with E-state index in [1.165, 1.54) is 32.1 Å². The van der Waals surface area contributed by atoms with Crippen LogP contribution in [0.1, 0.15) is 44.6 Å². The molecule has 1 saturated carbocycles. The summed E-state index contributed by atoms with van der Waals surface area (Å²) < 4.78 is 14.3. The Morgan fingerprint density at radius 3 is 2.39 bits per heavy atom. The summed E-state index contributed by atoms with van der Waals surface area (Å²) in [7, 11) is 0. The van der Waals surface area contributed by atoms with Gasteiger partial charge in [0.25, 0.3) is 0 Å². The molecule has 23 heavy (non-hydrogen) atoms. The standard InChI is InChI=1S/C21H24F.Y/c1-16-7-9-17(10-8-16)11-12-18-13-14-20(21(22)15-18)19-5-3-2-4-6-19;/h3-6,13-17H,7-12H2,1H3;/q-1;. The smallest absolute Gasteiger partial charge is 0.129 e. The molecular weight excluding hydrogens is 360 g/mol. The van der Waals surface area contributed by atoms with Gasteiger partial charge in [-0.1, -0.05) is 44.7 Å². The van der Waals surface area contributed by atoms with Gasteiger partial charge < -0.3 is 0 Å². The molecule has 0 N–H and O–H groups in total. The van der Waals surface area contributed by atoms with Crippen molar-refractivity contribution in [2.75, 3.05) is 0 Å². The van der Waals surface area contributed by atoms with Crippen molar-refractivity contribution < 1.29 is 37.1 Å². The molecule has 2 aromatic rings. The second-order valence-electron chi connectivity index (χ2n) is 6.77. The van der Waals surface area contributed by atoms with Crippen LogP contribution in [0.3, 0.4) is 0 Å². The summed E-state index contributed by atoms with van der Waals surface area (Å²) in [6, 6.07) is 16.2. The average Bonchev–Trinajstić information content (AvgIpc) is 2.55. The maximum Gasteiger partial charge on any atom is 0.129 e. The molecule has 0 saturated heterocycles. The molecule has 1 fully saturated rings. The minimum atomic E-state index is -0.110. The zero-order valence-electron chi connectivity index (χ0n) is 13.9. The third-order valence-electron chi connectivity index (χ3n) is 5.04. The van der Waals surface area contributed by atoms with E-state index >= 15 is 0 Å². The van der Waals surface area contributed by atoms with Crippen LogP contribution in [0, 0.1) is 23.7 Å². The van der Waals surface area contributed by atoms with E-state index in [2.05, 4.69) is 19.1 Å². The Morgan fingerprint density at radius 1 is 1.04 bits per heavy atom. The first kappa shape index (κ1) is 18.8. The molecule has 1 aliphatic carbocycles. The van der Waals surface area contributed by atoms with Crippen molar-refractivity contribution in [2.24, 2.45) is 11.8 Å². The van der Waals surface area contributed by atoms with Gasteiger partial charge in [-0.15, -0.1) is 5.56 Å². The van der Waals surface area contributed by atoms with Crippen molar-refractivity contribution in [3.05, 3.63) is 59.9 Å².